The van der Waals surface area contributed by atoms with Crippen LogP contribution in [0.3, 0.4) is 0 Å². The van der Waals surface area contributed by atoms with Crippen LogP contribution in [-0.2, 0) is 0 Å². The highest BCUT2D eigenvalue weighted by Gasteiger charge is 2.21. The van der Waals surface area contributed by atoms with Gasteiger partial charge in [-0.15, -0.1) is 4.68 Å². The van der Waals surface area contributed by atoms with Gasteiger partial charge in [-0.05, 0) is 12.1 Å². The van der Waals surface area contributed by atoms with Crippen LogP contribution in [-0.4, -0.2) is 9.66 Å². The average molecular weight is 225 g/mol. The van der Waals surface area contributed by atoms with Crippen molar-refractivity contribution in [3.8, 4) is 5.69 Å². The highest BCUT2D eigenvalue weighted by atomic mass is 15.4. The Labute approximate surface area is 98.9 Å². The Morgan fingerprint density at radius 1 is 1.18 bits per heavy atom. The maximum atomic E-state index is 6.04. The summed E-state index contributed by atoms with van der Waals surface area (Å²) in [7, 11) is 0. The number of fused-ring (bicyclic) bond motifs is 1. The van der Waals surface area contributed by atoms with Crippen LogP contribution in [0.1, 0.15) is 5.82 Å². The van der Waals surface area contributed by atoms with E-state index in [0.29, 0.717) is 0 Å². The zero-order valence-electron chi connectivity index (χ0n) is 9.54. The molecule has 4 nitrogen and oxygen atoms in total. The van der Waals surface area contributed by atoms with Crippen LogP contribution in [0.25, 0.3) is 16.7 Å². The second-order valence-corrected chi connectivity index (χ2v) is 3.95. The van der Waals surface area contributed by atoms with Crippen molar-refractivity contribution < 1.29 is 4.57 Å². The fourth-order valence-corrected chi connectivity index (χ4v) is 2.11. The Balaban J connectivity index is 2.41. The van der Waals surface area contributed by atoms with Crippen molar-refractivity contribution in [2.24, 2.45) is 0 Å². The number of nitrogen functional groups attached to an aromatic ring is 1. The van der Waals surface area contributed by atoms with Crippen molar-refractivity contribution >= 4 is 11.0 Å². The first-order chi connectivity index (χ1) is 8.29. The van der Waals surface area contributed by atoms with Crippen LogP contribution in [0.15, 0.2) is 48.8 Å². The third-order valence-corrected chi connectivity index (χ3v) is 2.96. The molecule has 2 aromatic heterocycles. The van der Waals surface area contributed by atoms with Crippen molar-refractivity contribution in [3.05, 3.63) is 54.6 Å². The van der Waals surface area contributed by atoms with Gasteiger partial charge in [-0.1, -0.05) is 18.2 Å². The first-order valence-corrected chi connectivity index (χ1v) is 5.46. The van der Waals surface area contributed by atoms with E-state index in [1.54, 1.807) is 10.9 Å². The third-order valence-electron chi connectivity index (χ3n) is 2.96. The predicted octanol–water partition coefficient (Wildman–Crippen LogP) is 1.34. The normalized spacial score (nSPS) is 10.9. The number of aromatic nitrogens is 3. The van der Waals surface area contributed by atoms with Gasteiger partial charge in [0, 0.05) is 19.2 Å². The fourth-order valence-electron chi connectivity index (χ4n) is 2.11. The van der Waals surface area contributed by atoms with Crippen LogP contribution < -0.4 is 10.4 Å². The fraction of sp³-hybridized carbons (Fsp3) is 0.0769. The molecule has 2 N–H and O–H groups in total. The Morgan fingerprint density at radius 3 is 2.71 bits per heavy atom. The van der Waals surface area contributed by atoms with E-state index in [2.05, 4.69) is 21.7 Å². The summed E-state index contributed by atoms with van der Waals surface area (Å²) in [4.78, 5) is 4.16. The average Bonchev–Trinajstić information content (AvgIpc) is 2.64. The minimum absolute atomic E-state index is 0.971. The minimum atomic E-state index is 0.971. The standard InChI is InChI=1S/C13H13N4/c1-10-16(11-5-3-2-4-6-11)13-9-15-8-7-12(13)17(10)14/h2-9H,14H2,1H3/q+1. The molecule has 3 aromatic rings. The van der Waals surface area contributed by atoms with Crippen LogP contribution >= 0.6 is 0 Å². The van der Waals surface area contributed by atoms with Gasteiger partial charge in [0.2, 0.25) is 5.52 Å². The molecule has 0 aliphatic heterocycles. The number of hydrogen-bond donors (Lipinski definition) is 1. The molecule has 0 fully saturated rings. The first kappa shape index (κ1) is 9.84. The maximum absolute atomic E-state index is 6.04. The lowest BCUT2D eigenvalue weighted by Crippen LogP contribution is -2.34. The molecule has 0 saturated heterocycles. The summed E-state index contributed by atoms with van der Waals surface area (Å²) in [5.74, 6) is 7.02. The molecule has 0 radical (unpaired) electrons. The van der Waals surface area contributed by atoms with Crippen LogP contribution in [0.4, 0.5) is 0 Å². The Bertz CT molecular complexity index is 670. The van der Waals surface area contributed by atoms with Gasteiger partial charge in [0.15, 0.2) is 5.52 Å². The lowest BCUT2D eigenvalue weighted by molar-refractivity contribution is -0.575. The van der Waals surface area contributed by atoms with Gasteiger partial charge < -0.3 is 0 Å². The van der Waals surface area contributed by atoms with Gasteiger partial charge in [0.1, 0.15) is 5.69 Å². The highest BCUT2D eigenvalue weighted by molar-refractivity contribution is 5.71. The van der Waals surface area contributed by atoms with E-state index < -0.39 is 0 Å². The lowest BCUT2D eigenvalue weighted by Gasteiger charge is -1.97. The van der Waals surface area contributed by atoms with Crippen molar-refractivity contribution in [1.82, 2.24) is 9.66 Å². The molecule has 17 heavy (non-hydrogen) atoms. The van der Waals surface area contributed by atoms with Gasteiger partial charge >= 0.3 is 0 Å². The molecular formula is C13H13N4+. The first-order valence-electron chi connectivity index (χ1n) is 5.46. The second kappa shape index (κ2) is 3.59. The molecule has 0 amide bonds. The summed E-state index contributed by atoms with van der Waals surface area (Å²) < 4.78 is 3.78. The van der Waals surface area contributed by atoms with Crippen LogP contribution in [0, 0.1) is 6.92 Å². The maximum Gasteiger partial charge on any atom is 0.282 e. The van der Waals surface area contributed by atoms with E-state index in [4.69, 9.17) is 5.84 Å². The molecule has 0 aliphatic carbocycles. The quantitative estimate of drug-likeness (QED) is 0.502. The van der Waals surface area contributed by atoms with Gasteiger partial charge in [-0.2, -0.15) is 4.57 Å². The van der Waals surface area contributed by atoms with Gasteiger partial charge in [0.05, 0.1) is 6.20 Å². The third kappa shape index (κ3) is 1.38. The summed E-state index contributed by atoms with van der Waals surface area (Å²) in [6, 6.07) is 12.1. The Hall–Kier alpha value is -2.36. The minimum Gasteiger partial charge on any atom is -0.268 e. The highest BCUT2D eigenvalue weighted by Crippen LogP contribution is 2.12. The molecule has 0 saturated carbocycles. The predicted molar refractivity (Wildman–Crippen MR) is 66.2 cm³/mol. The molecule has 0 unspecified atom stereocenters. The summed E-state index contributed by atoms with van der Waals surface area (Å²) in [5, 5.41) is 0. The van der Waals surface area contributed by atoms with E-state index >= 15 is 0 Å². The summed E-state index contributed by atoms with van der Waals surface area (Å²) in [6.45, 7) is 1.99. The van der Waals surface area contributed by atoms with Crippen LogP contribution in [0.2, 0.25) is 0 Å². The molecular weight excluding hydrogens is 212 g/mol. The second-order valence-electron chi connectivity index (χ2n) is 3.95. The van der Waals surface area contributed by atoms with E-state index in [0.717, 1.165) is 22.5 Å². The van der Waals surface area contributed by atoms with Crippen molar-refractivity contribution in [2.75, 3.05) is 5.84 Å². The molecule has 0 atom stereocenters. The number of nitrogens with two attached hydrogens (primary N) is 1. The summed E-state index contributed by atoms with van der Waals surface area (Å²) in [5.41, 5.74) is 3.08. The molecule has 3 rings (SSSR count). The molecule has 0 bridgehead atoms. The molecule has 84 valence electrons. The topological polar surface area (TPSA) is 47.7 Å². The van der Waals surface area contributed by atoms with Gasteiger partial charge in [-0.3, -0.25) is 10.8 Å². The molecule has 0 spiro atoms. The molecule has 2 heterocycles. The number of imidazole rings is 1. The van der Waals surface area contributed by atoms with E-state index in [1.807, 2.05) is 37.4 Å². The lowest BCUT2D eigenvalue weighted by atomic mass is 10.3. The molecule has 4 heteroatoms. The number of hydrogen-bond acceptors (Lipinski definition) is 2. The number of para-hydroxylation sites is 1. The molecule has 0 aliphatic rings. The Morgan fingerprint density at radius 2 is 1.94 bits per heavy atom. The number of nitrogens with zero attached hydrogens (tertiary/aromatic N) is 3. The zero-order valence-corrected chi connectivity index (χ0v) is 9.54. The van der Waals surface area contributed by atoms with Crippen molar-refractivity contribution in [3.63, 3.8) is 0 Å². The zero-order chi connectivity index (χ0) is 11.8. The van der Waals surface area contributed by atoms with Crippen molar-refractivity contribution in [2.45, 2.75) is 6.92 Å². The van der Waals surface area contributed by atoms with Crippen LogP contribution in [0.5, 0.6) is 0 Å². The number of pyridine rings is 1. The number of benzene rings is 1. The van der Waals surface area contributed by atoms with Gasteiger partial charge in [0.25, 0.3) is 5.82 Å². The smallest absolute Gasteiger partial charge is 0.268 e. The van der Waals surface area contributed by atoms with E-state index in [1.165, 1.54) is 0 Å². The largest absolute Gasteiger partial charge is 0.282 e. The summed E-state index contributed by atoms with van der Waals surface area (Å²) in [6.07, 6.45) is 3.58. The SMILES string of the molecule is Cc1n(N)c2ccncc2[n+]1-c1ccccc1. The monoisotopic (exact) mass is 225 g/mol. The number of rotatable bonds is 1. The van der Waals surface area contributed by atoms with Gasteiger partial charge in [-0.25, -0.2) is 0 Å². The van der Waals surface area contributed by atoms with E-state index in [-0.39, 0.29) is 0 Å². The summed E-state index contributed by atoms with van der Waals surface area (Å²) >= 11 is 0. The van der Waals surface area contributed by atoms with Crippen molar-refractivity contribution in [1.29, 1.82) is 0 Å². The molecule has 1 aromatic carbocycles. The van der Waals surface area contributed by atoms with E-state index in [9.17, 15) is 0 Å². The Kier molecular flexibility index (Phi) is 2.08.